The molecule has 2 aliphatic rings. The molecule has 1 unspecified atom stereocenters. The van der Waals surface area contributed by atoms with Gasteiger partial charge in [0.05, 0.1) is 18.9 Å². The smallest absolute Gasteiger partial charge is 0.258 e. The van der Waals surface area contributed by atoms with Crippen LogP contribution >= 0.6 is 0 Å². The van der Waals surface area contributed by atoms with Gasteiger partial charge in [-0.05, 0) is 42.2 Å². The van der Waals surface area contributed by atoms with Crippen molar-refractivity contribution < 1.29 is 13.9 Å². The quantitative estimate of drug-likeness (QED) is 0.822. The van der Waals surface area contributed by atoms with Crippen LogP contribution in [0.15, 0.2) is 42.5 Å². The second-order valence-corrected chi connectivity index (χ2v) is 6.97. The van der Waals surface area contributed by atoms with Crippen LogP contribution in [0.2, 0.25) is 0 Å². The van der Waals surface area contributed by atoms with Gasteiger partial charge in [-0.15, -0.1) is 0 Å². The van der Waals surface area contributed by atoms with Crippen LogP contribution in [0.5, 0.6) is 0 Å². The van der Waals surface area contributed by atoms with Crippen LogP contribution in [0.4, 0.5) is 15.8 Å². The topological polar surface area (TPSA) is 32.8 Å². The summed E-state index contributed by atoms with van der Waals surface area (Å²) in [6.45, 7) is 5.37. The van der Waals surface area contributed by atoms with Crippen molar-refractivity contribution in [2.75, 3.05) is 42.6 Å². The van der Waals surface area contributed by atoms with E-state index in [0.717, 1.165) is 12.1 Å². The van der Waals surface area contributed by atoms with Gasteiger partial charge < -0.3 is 14.5 Å². The summed E-state index contributed by atoms with van der Waals surface area (Å²) in [5, 5.41) is 0. The Labute approximate surface area is 153 Å². The molecule has 26 heavy (non-hydrogen) atoms. The summed E-state index contributed by atoms with van der Waals surface area (Å²) >= 11 is 0. The number of carbonyl (C=O) groups excluding carboxylic acids is 1. The Kier molecular flexibility index (Phi) is 4.64. The van der Waals surface area contributed by atoms with E-state index in [2.05, 4.69) is 13.0 Å². The molecule has 2 heterocycles. The first-order valence-electron chi connectivity index (χ1n) is 9.18. The number of morpholine rings is 1. The summed E-state index contributed by atoms with van der Waals surface area (Å²) in [6, 6.07) is 12.8. The Morgan fingerprint density at radius 1 is 1.08 bits per heavy atom. The van der Waals surface area contributed by atoms with Gasteiger partial charge in [0.1, 0.15) is 5.82 Å². The third-order valence-electron chi connectivity index (χ3n) is 5.34. The van der Waals surface area contributed by atoms with Gasteiger partial charge in [-0.1, -0.05) is 25.1 Å². The number of nitrogens with zero attached hydrogens (tertiary/aromatic N) is 2. The summed E-state index contributed by atoms with van der Waals surface area (Å²) in [5.41, 5.74) is 3.05. The molecule has 0 N–H and O–H groups in total. The zero-order valence-electron chi connectivity index (χ0n) is 15.0. The van der Waals surface area contributed by atoms with Crippen molar-refractivity contribution >= 4 is 17.3 Å². The van der Waals surface area contributed by atoms with E-state index < -0.39 is 0 Å². The maximum atomic E-state index is 14.7. The molecule has 0 saturated carbocycles. The minimum Gasteiger partial charge on any atom is -0.378 e. The second-order valence-electron chi connectivity index (χ2n) is 6.97. The van der Waals surface area contributed by atoms with Gasteiger partial charge in [-0.3, -0.25) is 4.79 Å². The van der Waals surface area contributed by atoms with Crippen molar-refractivity contribution in [2.24, 2.45) is 0 Å². The molecular weight excluding hydrogens is 331 g/mol. The molecule has 1 fully saturated rings. The van der Waals surface area contributed by atoms with E-state index in [1.54, 1.807) is 17.0 Å². The second kappa shape index (κ2) is 7.08. The molecule has 2 aromatic rings. The monoisotopic (exact) mass is 354 g/mol. The first kappa shape index (κ1) is 17.0. The molecule has 0 aliphatic carbocycles. The molecule has 2 aromatic carbocycles. The van der Waals surface area contributed by atoms with Gasteiger partial charge in [-0.25, -0.2) is 4.39 Å². The van der Waals surface area contributed by atoms with E-state index in [0.29, 0.717) is 50.0 Å². The van der Waals surface area contributed by atoms with Gasteiger partial charge in [0.15, 0.2) is 0 Å². The fraction of sp³-hybridized carbons (Fsp3) is 0.381. The Balaban J connectivity index is 1.61. The number of anilines is 2. The molecule has 1 saturated heterocycles. The number of halogens is 1. The van der Waals surface area contributed by atoms with Crippen molar-refractivity contribution in [3.63, 3.8) is 0 Å². The van der Waals surface area contributed by atoms with E-state index in [9.17, 15) is 9.18 Å². The summed E-state index contributed by atoms with van der Waals surface area (Å²) in [7, 11) is 0. The first-order chi connectivity index (χ1) is 12.6. The molecule has 0 spiro atoms. The number of ether oxygens (including phenoxy) is 1. The molecular formula is C21H23FN2O2. The zero-order valence-corrected chi connectivity index (χ0v) is 15.0. The number of benzene rings is 2. The minimum absolute atomic E-state index is 0.142. The molecule has 2 aliphatic heterocycles. The Hall–Kier alpha value is -2.40. The lowest BCUT2D eigenvalue weighted by molar-refractivity contribution is 0.0984. The number of fused-ring (bicyclic) bond motifs is 1. The number of hydrogen-bond acceptors (Lipinski definition) is 3. The largest absolute Gasteiger partial charge is 0.378 e. The Morgan fingerprint density at radius 2 is 1.85 bits per heavy atom. The van der Waals surface area contributed by atoms with Crippen molar-refractivity contribution in [3.8, 4) is 0 Å². The number of para-hydroxylation sites is 1. The lowest BCUT2D eigenvalue weighted by Gasteiger charge is -2.33. The van der Waals surface area contributed by atoms with Crippen molar-refractivity contribution in [1.29, 1.82) is 0 Å². The summed E-state index contributed by atoms with van der Waals surface area (Å²) in [4.78, 5) is 16.8. The van der Waals surface area contributed by atoms with Crippen molar-refractivity contribution in [2.45, 2.75) is 19.3 Å². The summed E-state index contributed by atoms with van der Waals surface area (Å²) in [6.07, 6.45) is 0.914. The number of rotatable bonds is 2. The minimum atomic E-state index is -0.351. The highest BCUT2D eigenvalue weighted by Gasteiger charge is 2.27. The molecule has 4 rings (SSSR count). The van der Waals surface area contributed by atoms with Crippen LogP contribution in [0, 0.1) is 5.82 Å². The third kappa shape index (κ3) is 3.07. The van der Waals surface area contributed by atoms with Crippen LogP contribution in [0.1, 0.15) is 35.2 Å². The molecule has 1 amide bonds. The highest BCUT2D eigenvalue weighted by Crippen LogP contribution is 2.35. The SMILES string of the molecule is CC1CCN(C(=O)c2ccc(N3CCOCC3)c(F)c2)c2ccccc21. The predicted molar refractivity (Wildman–Crippen MR) is 101 cm³/mol. The Morgan fingerprint density at radius 3 is 2.62 bits per heavy atom. The van der Waals surface area contributed by atoms with Gasteiger partial charge in [0.25, 0.3) is 5.91 Å². The Bertz CT molecular complexity index is 817. The highest BCUT2D eigenvalue weighted by atomic mass is 19.1. The van der Waals surface area contributed by atoms with Crippen molar-refractivity contribution in [3.05, 3.63) is 59.4 Å². The van der Waals surface area contributed by atoms with Crippen LogP contribution in [0.3, 0.4) is 0 Å². The molecule has 0 aromatic heterocycles. The predicted octanol–water partition coefficient (Wildman–Crippen LogP) is 3.82. The van der Waals surface area contributed by atoms with E-state index in [1.165, 1.54) is 11.6 Å². The van der Waals surface area contributed by atoms with Gasteiger partial charge >= 0.3 is 0 Å². The maximum absolute atomic E-state index is 14.7. The molecule has 0 bridgehead atoms. The van der Waals surface area contributed by atoms with E-state index in [4.69, 9.17) is 4.74 Å². The number of amides is 1. The average molecular weight is 354 g/mol. The lowest BCUT2D eigenvalue weighted by atomic mass is 9.91. The molecule has 0 radical (unpaired) electrons. The van der Waals surface area contributed by atoms with Crippen LogP contribution < -0.4 is 9.80 Å². The first-order valence-corrected chi connectivity index (χ1v) is 9.18. The van der Waals surface area contributed by atoms with E-state index >= 15 is 0 Å². The lowest BCUT2D eigenvalue weighted by Crippen LogP contribution is -2.37. The van der Waals surface area contributed by atoms with Crippen LogP contribution in [-0.2, 0) is 4.74 Å². The van der Waals surface area contributed by atoms with Gasteiger partial charge in [0, 0.05) is 30.9 Å². The summed E-state index contributed by atoms with van der Waals surface area (Å²) in [5.74, 6) is -0.0659. The normalized spacial score (nSPS) is 20.0. The molecule has 1 atom stereocenters. The van der Waals surface area contributed by atoms with E-state index in [1.807, 2.05) is 23.1 Å². The standard InChI is InChI=1S/C21H23FN2O2/c1-15-8-9-24(19-5-3-2-4-17(15)19)21(25)16-6-7-20(18(22)14-16)23-10-12-26-13-11-23/h2-7,14-15H,8-13H2,1H3. The molecule has 4 nitrogen and oxygen atoms in total. The third-order valence-corrected chi connectivity index (χ3v) is 5.34. The zero-order chi connectivity index (χ0) is 18.1. The van der Waals surface area contributed by atoms with Crippen molar-refractivity contribution in [1.82, 2.24) is 0 Å². The maximum Gasteiger partial charge on any atom is 0.258 e. The van der Waals surface area contributed by atoms with Gasteiger partial charge in [-0.2, -0.15) is 0 Å². The molecule has 5 heteroatoms. The van der Waals surface area contributed by atoms with Crippen LogP contribution in [0.25, 0.3) is 0 Å². The summed E-state index contributed by atoms with van der Waals surface area (Å²) < 4.78 is 20.0. The van der Waals surface area contributed by atoms with E-state index in [-0.39, 0.29) is 11.7 Å². The number of carbonyl (C=O) groups is 1. The van der Waals surface area contributed by atoms with Crippen LogP contribution in [-0.4, -0.2) is 38.8 Å². The van der Waals surface area contributed by atoms with Gasteiger partial charge in [0.2, 0.25) is 0 Å². The number of hydrogen-bond donors (Lipinski definition) is 0. The average Bonchev–Trinajstić information content (AvgIpc) is 2.68. The fourth-order valence-electron chi connectivity index (χ4n) is 3.82. The highest BCUT2D eigenvalue weighted by molar-refractivity contribution is 6.07. The molecule has 136 valence electrons. The fourth-order valence-corrected chi connectivity index (χ4v) is 3.82.